The van der Waals surface area contributed by atoms with Crippen molar-refractivity contribution >= 4 is 11.8 Å². The number of carbonyl (C=O) groups is 2. The zero-order valence-corrected chi connectivity index (χ0v) is 14.7. The van der Waals surface area contributed by atoms with Gasteiger partial charge in [-0.3, -0.25) is 9.59 Å². The molecule has 0 saturated carbocycles. The minimum absolute atomic E-state index is 0.0453. The second kappa shape index (κ2) is 7.51. The van der Waals surface area contributed by atoms with E-state index in [2.05, 4.69) is 5.32 Å². The van der Waals surface area contributed by atoms with Gasteiger partial charge in [-0.1, -0.05) is 60.2 Å². The van der Waals surface area contributed by atoms with Crippen molar-refractivity contribution in [1.82, 2.24) is 10.2 Å². The molecule has 0 bridgehead atoms. The SMILES string of the molecule is Cc1ccc(CN2CC(C(=O)NC(C)c3ccccc3)CC2=O)cc1. The summed E-state index contributed by atoms with van der Waals surface area (Å²) in [4.78, 5) is 26.6. The lowest BCUT2D eigenvalue weighted by Gasteiger charge is -2.19. The van der Waals surface area contributed by atoms with Gasteiger partial charge in [-0.15, -0.1) is 0 Å². The fraction of sp³-hybridized carbons (Fsp3) is 0.333. The highest BCUT2D eigenvalue weighted by Crippen LogP contribution is 2.22. The average molecular weight is 336 g/mol. The molecule has 2 aromatic carbocycles. The van der Waals surface area contributed by atoms with Gasteiger partial charge in [-0.05, 0) is 25.0 Å². The van der Waals surface area contributed by atoms with Crippen LogP contribution in [0.3, 0.4) is 0 Å². The van der Waals surface area contributed by atoms with Gasteiger partial charge in [0.25, 0.3) is 0 Å². The number of hydrogen-bond donors (Lipinski definition) is 1. The lowest BCUT2D eigenvalue weighted by atomic mass is 10.1. The highest BCUT2D eigenvalue weighted by atomic mass is 16.2. The van der Waals surface area contributed by atoms with E-state index in [1.54, 1.807) is 4.90 Å². The predicted molar refractivity (Wildman–Crippen MR) is 97.7 cm³/mol. The van der Waals surface area contributed by atoms with Crippen LogP contribution >= 0.6 is 0 Å². The molecule has 2 unspecified atom stereocenters. The average Bonchev–Trinajstić information content (AvgIpc) is 2.98. The van der Waals surface area contributed by atoms with Crippen LogP contribution in [-0.4, -0.2) is 23.3 Å². The third kappa shape index (κ3) is 4.27. The number of amides is 2. The first-order chi connectivity index (χ1) is 12.0. The largest absolute Gasteiger partial charge is 0.349 e. The van der Waals surface area contributed by atoms with Gasteiger partial charge in [-0.2, -0.15) is 0 Å². The van der Waals surface area contributed by atoms with Gasteiger partial charge in [0.2, 0.25) is 11.8 Å². The van der Waals surface area contributed by atoms with Gasteiger partial charge in [0.15, 0.2) is 0 Å². The number of hydrogen-bond acceptors (Lipinski definition) is 2. The molecular weight excluding hydrogens is 312 g/mol. The van der Waals surface area contributed by atoms with E-state index >= 15 is 0 Å². The molecule has 1 aliphatic rings. The zero-order chi connectivity index (χ0) is 17.8. The van der Waals surface area contributed by atoms with Crippen LogP contribution in [0.2, 0.25) is 0 Å². The Kier molecular flexibility index (Phi) is 5.17. The number of likely N-dealkylation sites (tertiary alicyclic amines) is 1. The van der Waals surface area contributed by atoms with Crippen molar-refractivity contribution in [2.24, 2.45) is 5.92 Å². The summed E-state index contributed by atoms with van der Waals surface area (Å²) in [6, 6.07) is 18.0. The molecule has 1 saturated heterocycles. The molecule has 130 valence electrons. The molecule has 25 heavy (non-hydrogen) atoms. The minimum atomic E-state index is -0.274. The van der Waals surface area contributed by atoms with E-state index in [9.17, 15) is 9.59 Å². The van der Waals surface area contributed by atoms with Crippen molar-refractivity contribution in [2.75, 3.05) is 6.54 Å². The molecular formula is C21H24N2O2. The maximum Gasteiger partial charge on any atom is 0.225 e. The number of carbonyl (C=O) groups excluding carboxylic acids is 2. The van der Waals surface area contributed by atoms with Gasteiger partial charge in [0.05, 0.1) is 12.0 Å². The summed E-state index contributed by atoms with van der Waals surface area (Å²) in [5, 5.41) is 3.03. The first-order valence-electron chi connectivity index (χ1n) is 8.71. The Morgan fingerprint density at radius 3 is 2.52 bits per heavy atom. The Morgan fingerprint density at radius 1 is 1.16 bits per heavy atom. The molecule has 1 fully saturated rings. The predicted octanol–water partition coefficient (Wildman–Crippen LogP) is 3.22. The molecule has 4 heteroatoms. The normalized spacial score (nSPS) is 18.2. The van der Waals surface area contributed by atoms with Gasteiger partial charge in [0.1, 0.15) is 0 Å². The number of nitrogens with one attached hydrogen (secondary N) is 1. The first-order valence-corrected chi connectivity index (χ1v) is 8.71. The van der Waals surface area contributed by atoms with Crippen molar-refractivity contribution in [3.63, 3.8) is 0 Å². The molecule has 1 heterocycles. The van der Waals surface area contributed by atoms with Crippen molar-refractivity contribution in [3.8, 4) is 0 Å². The molecule has 2 aromatic rings. The molecule has 3 rings (SSSR count). The molecule has 0 radical (unpaired) electrons. The van der Waals surface area contributed by atoms with Gasteiger partial charge >= 0.3 is 0 Å². The summed E-state index contributed by atoms with van der Waals surface area (Å²) in [6.45, 7) is 5.06. The van der Waals surface area contributed by atoms with Crippen molar-refractivity contribution in [2.45, 2.75) is 32.9 Å². The van der Waals surface area contributed by atoms with E-state index in [1.807, 2.05) is 68.4 Å². The van der Waals surface area contributed by atoms with Gasteiger partial charge < -0.3 is 10.2 Å². The summed E-state index contributed by atoms with van der Waals surface area (Å²) in [7, 11) is 0. The summed E-state index contributed by atoms with van der Waals surface area (Å²) < 4.78 is 0. The molecule has 2 amide bonds. The minimum Gasteiger partial charge on any atom is -0.349 e. The fourth-order valence-electron chi connectivity index (χ4n) is 3.17. The van der Waals surface area contributed by atoms with Crippen LogP contribution in [0.25, 0.3) is 0 Å². The Hall–Kier alpha value is -2.62. The Labute approximate surface area is 148 Å². The van der Waals surface area contributed by atoms with Crippen molar-refractivity contribution in [1.29, 1.82) is 0 Å². The molecule has 2 atom stereocenters. The van der Waals surface area contributed by atoms with Gasteiger partial charge in [0, 0.05) is 19.5 Å². The van der Waals surface area contributed by atoms with E-state index in [0.717, 1.165) is 11.1 Å². The molecule has 1 N–H and O–H groups in total. The summed E-state index contributed by atoms with van der Waals surface area (Å²) in [5.74, 6) is -0.270. The molecule has 0 aliphatic carbocycles. The van der Waals surface area contributed by atoms with Crippen LogP contribution < -0.4 is 5.32 Å². The maximum absolute atomic E-state index is 12.5. The number of benzene rings is 2. The lowest BCUT2D eigenvalue weighted by molar-refractivity contribution is -0.129. The van der Waals surface area contributed by atoms with Crippen molar-refractivity contribution in [3.05, 3.63) is 71.3 Å². The zero-order valence-electron chi connectivity index (χ0n) is 14.7. The number of rotatable bonds is 5. The summed E-state index contributed by atoms with van der Waals surface area (Å²) in [5.41, 5.74) is 3.36. The topological polar surface area (TPSA) is 49.4 Å². The second-order valence-electron chi connectivity index (χ2n) is 6.80. The van der Waals surface area contributed by atoms with E-state index in [0.29, 0.717) is 19.5 Å². The Bertz CT molecular complexity index is 740. The first kappa shape index (κ1) is 17.2. The van der Waals surface area contributed by atoms with Crippen molar-refractivity contribution < 1.29 is 9.59 Å². The lowest BCUT2D eigenvalue weighted by Crippen LogP contribution is -2.34. The number of nitrogens with zero attached hydrogens (tertiary/aromatic N) is 1. The smallest absolute Gasteiger partial charge is 0.225 e. The van der Waals surface area contributed by atoms with Crippen LogP contribution in [0.5, 0.6) is 0 Å². The second-order valence-corrected chi connectivity index (χ2v) is 6.80. The highest BCUT2D eigenvalue weighted by Gasteiger charge is 2.34. The third-order valence-corrected chi connectivity index (χ3v) is 4.74. The van der Waals surface area contributed by atoms with E-state index < -0.39 is 0 Å². The highest BCUT2D eigenvalue weighted by molar-refractivity contribution is 5.89. The molecule has 0 spiro atoms. The summed E-state index contributed by atoms with van der Waals surface area (Å²) >= 11 is 0. The van der Waals surface area contributed by atoms with Crippen LogP contribution in [0.15, 0.2) is 54.6 Å². The summed E-state index contributed by atoms with van der Waals surface area (Å²) in [6.07, 6.45) is 0.291. The molecule has 4 nitrogen and oxygen atoms in total. The monoisotopic (exact) mass is 336 g/mol. The standard InChI is InChI=1S/C21H24N2O2/c1-15-8-10-17(11-9-15)13-23-14-19(12-20(23)24)21(25)22-16(2)18-6-4-3-5-7-18/h3-11,16,19H,12-14H2,1-2H3,(H,22,25). The number of aryl methyl sites for hydroxylation is 1. The molecule has 1 aliphatic heterocycles. The fourth-order valence-corrected chi connectivity index (χ4v) is 3.17. The Morgan fingerprint density at radius 2 is 1.84 bits per heavy atom. The third-order valence-electron chi connectivity index (χ3n) is 4.74. The van der Waals surface area contributed by atoms with E-state index in [-0.39, 0.29) is 23.8 Å². The van der Waals surface area contributed by atoms with E-state index in [4.69, 9.17) is 0 Å². The van der Waals surface area contributed by atoms with Crippen LogP contribution in [0.4, 0.5) is 0 Å². The maximum atomic E-state index is 12.5. The van der Waals surface area contributed by atoms with Crippen LogP contribution in [0.1, 0.15) is 36.1 Å². The Balaban J connectivity index is 1.58. The van der Waals surface area contributed by atoms with E-state index in [1.165, 1.54) is 5.56 Å². The molecule has 0 aromatic heterocycles. The quantitative estimate of drug-likeness (QED) is 0.911. The van der Waals surface area contributed by atoms with Crippen LogP contribution in [-0.2, 0) is 16.1 Å². The van der Waals surface area contributed by atoms with Crippen LogP contribution in [0, 0.1) is 12.8 Å². The van der Waals surface area contributed by atoms with Gasteiger partial charge in [-0.25, -0.2) is 0 Å².